The fourth-order valence-corrected chi connectivity index (χ4v) is 5.61. The van der Waals surface area contributed by atoms with Crippen molar-refractivity contribution in [2.45, 2.75) is 26.8 Å². The van der Waals surface area contributed by atoms with Gasteiger partial charge in [0.05, 0.1) is 18.2 Å². The number of fused-ring (bicyclic) bond motifs is 1. The maximum atomic E-state index is 13.2. The lowest BCUT2D eigenvalue weighted by Crippen LogP contribution is -2.46. The summed E-state index contributed by atoms with van der Waals surface area (Å²) in [6, 6.07) is 18.9. The van der Waals surface area contributed by atoms with Crippen LogP contribution in [0.1, 0.15) is 30.0 Å². The quantitative estimate of drug-likeness (QED) is 0.154. The summed E-state index contributed by atoms with van der Waals surface area (Å²) in [4.78, 5) is 27.5. The van der Waals surface area contributed by atoms with Crippen molar-refractivity contribution in [3.63, 3.8) is 0 Å². The second-order valence-corrected chi connectivity index (χ2v) is 11.5. The van der Waals surface area contributed by atoms with E-state index >= 15 is 0 Å². The largest absolute Gasteiger partial charge is 0.491 e. The van der Waals surface area contributed by atoms with Crippen LogP contribution < -0.4 is 14.4 Å². The van der Waals surface area contributed by atoms with Gasteiger partial charge < -0.3 is 24.1 Å². The number of amides is 1. The van der Waals surface area contributed by atoms with Crippen molar-refractivity contribution in [3.8, 4) is 16.9 Å². The average Bonchev–Trinajstić information content (AvgIpc) is 3.32. The van der Waals surface area contributed by atoms with Crippen LogP contribution in [-0.2, 0) is 20.8 Å². The number of anilines is 2. The predicted molar refractivity (Wildman–Crippen MR) is 169 cm³/mol. The van der Waals surface area contributed by atoms with E-state index in [0.717, 1.165) is 27.4 Å². The molecule has 0 fully saturated rings. The standard InChI is InChI=1S/C32H37N3O7S/c1-20(2)29(32(37)40-6)35(43(38)39)25-16-12-23(13-17-25)22-10-14-24(15-11-22)33-31(36)30-21(3)28-26(41-19-18-34(4)5)8-7-9-27(28)42-30/h7-17,20,29H,18-19H2,1-6H3,(H,33,36)(H,38,39). The Kier molecular flexibility index (Phi) is 10.2. The summed E-state index contributed by atoms with van der Waals surface area (Å²) < 4.78 is 40.0. The third-order valence-electron chi connectivity index (χ3n) is 7.01. The van der Waals surface area contributed by atoms with Gasteiger partial charge in [0.15, 0.2) is 5.76 Å². The topological polar surface area (TPSA) is 122 Å². The molecule has 10 nitrogen and oxygen atoms in total. The van der Waals surface area contributed by atoms with E-state index in [4.69, 9.17) is 13.9 Å². The number of likely N-dealkylation sites (N-methyl/N-ethyl adjacent to an activating group) is 1. The molecule has 0 spiro atoms. The lowest BCUT2D eigenvalue weighted by atomic mass is 10.0. The molecular formula is C32H37N3O7S. The first-order chi connectivity index (χ1) is 20.5. The van der Waals surface area contributed by atoms with E-state index in [-0.39, 0.29) is 17.6 Å². The van der Waals surface area contributed by atoms with E-state index in [9.17, 15) is 18.4 Å². The zero-order chi connectivity index (χ0) is 31.3. The number of hydrogen-bond acceptors (Lipinski definition) is 7. The van der Waals surface area contributed by atoms with Gasteiger partial charge in [-0.3, -0.25) is 13.7 Å². The van der Waals surface area contributed by atoms with Gasteiger partial charge >= 0.3 is 5.97 Å². The molecule has 43 heavy (non-hydrogen) atoms. The van der Waals surface area contributed by atoms with Crippen LogP contribution in [0.25, 0.3) is 22.1 Å². The molecule has 0 aliphatic carbocycles. The molecule has 2 N–H and O–H groups in total. The van der Waals surface area contributed by atoms with Crippen molar-refractivity contribution in [2.75, 3.05) is 44.0 Å². The van der Waals surface area contributed by atoms with E-state index in [1.807, 2.05) is 56.3 Å². The smallest absolute Gasteiger partial charge is 0.329 e. The van der Waals surface area contributed by atoms with Crippen molar-refractivity contribution in [1.29, 1.82) is 0 Å². The molecule has 2 atom stereocenters. The summed E-state index contributed by atoms with van der Waals surface area (Å²) in [5.41, 5.74) is 4.00. The Morgan fingerprint density at radius 1 is 1.00 bits per heavy atom. The van der Waals surface area contributed by atoms with Crippen LogP contribution in [0.15, 0.2) is 71.1 Å². The number of nitrogens with zero attached hydrogens (tertiary/aromatic N) is 2. The van der Waals surface area contributed by atoms with E-state index in [1.165, 1.54) is 7.11 Å². The molecule has 0 saturated heterocycles. The number of carbonyl (C=O) groups excluding carboxylic acids is 2. The molecule has 2 unspecified atom stereocenters. The van der Waals surface area contributed by atoms with Gasteiger partial charge in [0.2, 0.25) is 0 Å². The average molecular weight is 608 g/mol. The Hall–Kier alpha value is -4.19. The van der Waals surface area contributed by atoms with Crippen LogP contribution in [0.5, 0.6) is 5.75 Å². The second kappa shape index (κ2) is 13.9. The van der Waals surface area contributed by atoms with Crippen LogP contribution in [0.4, 0.5) is 11.4 Å². The number of hydrogen-bond donors (Lipinski definition) is 2. The van der Waals surface area contributed by atoms with Crippen LogP contribution in [0, 0.1) is 12.8 Å². The Labute approximate surface area is 254 Å². The molecule has 1 heterocycles. The first-order valence-corrected chi connectivity index (χ1v) is 14.9. The Bertz CT molecular complexity index is 1600. The maximum absolute atomic E-state index is 13.2. The monoisotopic (exact) mass is 607 g/mol. The van der Waals surface area contributed by atoms with Crippen LogP contribution in [0.3, 0.4) is 0 Å². The van der Waals surface area contributed by atoms with Crippen LogP contribution >= 0.6 is 0 Å². The highest BCUT2D eigenvalue weighted by Gasteiger charge is 2.33. The van der Waals surface area contributed by atoms with Crippen molar-refractivity contribution >= 4 is 45.5 Å². The van der Waals surface area contributed by atoms with Gasteiger partial charge in [0, 0.05) is 17.8 Å². The minimum Gasteiger partial charge on any atom is -0.491 e. The van der Waals surface area contributed by atoms with Gasteiger partial charge in [-0.2, -0.15) is 0 Å². The van der Waals surface area contributed by atoms with Gasteiger partial charge in [0.25, 0.3) is 17.2 Å². The van der Waals surface area contributed by atoms with Crippen molar-refractivity contribution in [1.82, 2.24) is 4.90 Å². The summed E-state index contributed by atoms with van der Waals surface area (Å²) in [7, 11) is 5.21. The first kappa shape index (κ1) is 31.7. The highest BCUT2D eigenvalue weighted by molar-refractivity contribution is 7.80. The fourth-order valence-electron chi connectivity index (χ4n) is 4.78. The van der Waals surface area contributed by atoms with Crippen LogP contribution in [-0.4, -0.2) is 65.9 Å². The van der Waals surface area contributed by atoms with Crippen LogP contribution in [0.2, 0.25) is 0 Å². The summed E-state index contributed by atoms with van der Waals surface area (Å²) in [6.07, 6.45) is 0. The van der Waals surface area contributed by atoms with E-state index in [0.29, 0.717) is 34.9 Å². The molecule has 4 rings (SSSR count). The van der Waals surface area contributed by atoms with Gasteiger partial charge in [-0.15, -0.1) is 0 Å². The molecule has 0 radical (unpaired) electrons. The molecule has 1 aromatic heterocycles. The molecule has 11 heteroatoms. The molecular weight excluding hydrogens is 570 g/mol. The van der Waals surface area contributed by atoms with E-state index in [1.54, 1.807) is 50.2 Å². The molecule has 4 aromatic rings. The molecule has 0 aliphatic heterocycles. The fraction of sp³-hybridized carbons (Fsp3) is 0.312. The third-order valence-corrected chi connectivity index (χ3v) is 7.79. The Balaban J connectivity index is 1.49. The molecule has 0 saturated carbocycles. The summed E-state index contributed by atoms with van der Waals surface area (Å²) in [5, 5.41) is 3.68. The molecule has 1 amide bonds. The Morgan fingerprint density at radius 2 is 1.63 bits per heavy atom. The summed E-state index contributed by atoms with van der Waals surface area (Å²) in [5.74, 6) is -0.333. The number of furan rings is 1. The summed E-state index contributed by atoms with van der Waals surface area (Å²) >= 11 is -2.44. The van der Waals surface area contributed by atoms with Gasteiger partial charge in [-0.1, -0.05) is 44.2 Å². The highest BCUT2D eigenvalue weighted by Crippen LogP contribution is 2.34. The number of rotatable bonds is 12. The lowest BCUT2D eigenvalue weighted by Gasteiger charge is -2.30. The molecule has 228 valence electrons. The minimum absolute atomic E-state index is 0.218. The number of methoxy groups -OCH3 is 1. The predicted octanol–water partition coefficient (Wildman–Crippen LogP) is 5.74. The first-order valence-electron chi connectivity index (χ1n) is 13.8. The maximum Gasteiger partial charge on any atom is 0.329 e. The number of esters is 1. The normalized spacial score (nSPS) is 12.8. The molecule has 3 aromatic carbocycles. The SMILES string of the molecule is COC(=O)C(C(C)C)N(c1ccc(-c2ccc(NC(=O)c3oc4cccc(OCCN(C)C)c4c3C)cc2)cc1)S(=O)O. The number of nitrogens with one attached hydrogen (secondary N) is 1. The van der Waals surface area contributed by atoms with Gasteiger partial charge in [-0.05, 0) is 74.5 Å². The third kappa shape index (κ3) is 7.24. The van der Waals surface area contributed by atoms with Crippen molar-refractivity contribution in [2.24, 2.45) is 5.92 Å². The van der Waals surface area contributed by atoms with E-state index < -0.39 is 23.3 Å². The zero-order valence-electron chi connectivity index (χ0n) is 25.1. The van der Waals surface area contributed by atoms with Gasteiger partial charge in [-0.25, -0.2) is 9.00 Å². The van der Waals surface area contributed by atoms with Gasteiger partial charge in [0.1, 0.15) is 24.0 Å². The molecule has 0 bridgehead atoms. The second-order valence-electron chi connectivity index (χ2n) is 10.7. The molecule has 0 aliphatic rings. The highest BCUT2D eigenvalue weighted by atomic mass is 32.2. The number of aryl methyl sites for hydroxylation is 1. The Morgan fingerprint density at radius 3 is 2.19 bits per heavy atom. The van der Waals surface area contributed by atoms with Crippen molar-refractivity contribution in [3.05, 3.63) is 78.1 Å². The summed E-state index contributed by atoms with van der Waals surface area (Å²) in [6.45, 7) is 6.68. The lowest BCUT2D eigenvalue weighted by molar-refractivity contribution is -0.142. The zero-order valence-corrected chi connectivity index (χ0v) is 25.9. The van der Waals surface area contributed by atoms with E-state index in [2.05, 4.69) is 5.32 Å². The minimum atomic E-state index is -2.44. The number of benzene rings is 3. The number of carbonyl (C=O) groups is 2. The number of ether oxygens (including phenoxy) is 2. The van der Waals surface area contributed by atoms with Crippen molar-refractivity contribution < 1.29 is 32.2 Å².